The lowest BCUT2D eigenvalue weighted by atomic mass is 9.87. The van der Waals surface area contributed by atoms with Crippen molar-refractivity contribution < 1.29 is 35.9 Å². The first-order valence-corrected chi connectivity index (χ1v) is 12.8. The Labute approximate surface area is 218 Å². The third kappa shape index (κ3) is 7.33. The second kappa shape index (κ2) is 11.7. The predicted octanol–water partition coefficient (Wildman–Crippen LogP) is 3.72. The number of halogens is 3. The number of benzene rings is 3. The van der Waals surface area contributed by atoms with Crippen LogP contribution in [0.4, 0.5) is 13.2 Å². The first kappa shape index (κ1) is 28.7. The van der Waals surface area contributed by atoms with Gasteiger partial charge < -0.3 is 4.74 Å². The van der Waals surface area contributed by atoms with Crippen molar-refractivity contribution in [1.29, 1.82) is 0 Å². The summed E-state index contributed by atoms with van der Waals surface area (Å²) in [4.78, 5) is 23.0. The highest BCUT2D eigenvalue weighted by Gasteiger charge is 2.24. The van der Waals surface area contributed by atoms with Crippen molar-refractivity contribution in [3.63, 3.8) is 0 Å². The first-order chi connectivity index (χ1) is 17.8. The summed E-state index contributed by atoms with van der Waals surface area (Å²) in [5.41, 5.74) is 6.32. The Bertz CT molecular complexity index is 1420. The first-order valence-electron chi connectivity index (χ1n) is 11.3. The molecule has 0 aliphatic carbocycles. The molecule has 0 aliphatic heterocycles. The van der Waals surface area contributed by atoms with Gasteiger partial charge in [-0.3, -0.25) is 20.4 Å². The number of nitrogens with one attached hydrogen (secondary N) is 3. The number of carbonyl (C=O) groups excluding carboxylic acids is 2. The molecule has 0 saturated carbocycles. The lowest BCUT2D eigenvalue weighted by Gasteiger charge is -2.19. The van der Waals surface area contributed by atoms with E-state index in [0.717, 1.165) is 5.56 Å². The van der Waals surface area contributed by atoms with E-state index in [1.165, 1.54) is 17.7 Å². The molecule has 3 aromatic rings. The molecule has 8 nitrogen and oxygen atoms in total. The fourth-order valence-electron chi connectivity index (χ4n) is 3.17. The third-order valence-electron chi connectivity index (χ3n) is 5.37. The van der Waals surface area contributed by atoms with E-state index in [0.29, 0.717) is 17.9 Å². The van der Waals surface area contributed by atoms with Crippen molar-refractivity contribution in [3.05, 3.63) is 94.8 Å². The molecule has 0 saturated heterocycles. The maximum Gasteiger partial charge on any atom is 0.269 e. The monoisotopic (exact) mass is 549 g/mol. The molecule has 0 atom stereocenters. The average molecular weight is 550 g/mol. The van der Waals surface area contributed by atoms with Crippen LogP contribution in [0.25, 0.3) is 0 Å². The van der Waals surface area contributed by atoms with E-state index in [-0.39, 0.29) is 17.6 Å². The molecular formula is C26H26F3N3O5S. The van der Waals surface area contributed by atoms with E-state index >= 15 is 0 Å². The van der Waals surface area contributed by atoms with Gasteiger partial charge >= 0.3 is 0 Å². The summed E-state index contributed by atoms with van der Waals surface area (Å²) < 4.78 is 71.8. The highest BCUT2D eigenvalue weighted by atomic mass is 32.2. The SMILES string of the molecule is CC(C)(C)c1ccc(OCc2ccc(C(=O)NNC(=O)CNS(=O)(=O)c3ccc(F)c(F)c3F)cc2)cc1. The number of ether oxygens (including phenoxy) is 1. The Hall–Kier alpha value is -3.90. The molecule has 3 aromatic carbocycles. The number of rotatable bonds is 8. The van der Waals surface area contributed by atoms with Gasteiger partial charge in [0.15, 0.2) is 17.5 Å². The molecule has 3 N–H and O–H groups in total. The van der Waals surface area contributed by atoms with Crippen LogP contribution >= 0.6 is 0 Å². The summed E-state index contributed by atoms with van der Waals surface area (Å²) in [6.07, 6.45) is 0. The molecule has 12 heteroatoms. The van der Waals surface area contributed by atoms with Crippen LogP contribution < -0.4 is 20.3 Å². The van der Waals surface area contributed by atoms with Crippen molar-refractivity contribution >= 4 is 21.8 Å². The van der Waals surface area contributed by atoms with E-state index < -0.39 is 50.7 Å². The summed E-state index contributed by atoms with van der Waals surface area (Å²) in [5, 5.41) is 0. The van der Waals surface area contributed by atoms with E-state index in [4.69, 9.17) is 4.74 Å². The second-order valence-corrected chi connectivity index (χ2v) is 11.0. The zero-order chi connectivity index (χ0) is 28.1. The number of amides is 2. The molecule has 0 aromatic heterocycles. The highest BCUT2D eigenvalue weighted by Crippen LogP contribution is 2.24. The normalized spacial score (nSPS) is 11.6. The fourth-order valence-corrected chi connectivity index (χ4v) is 4.22. The van der Waals surface area contributed by atoms with Gasteiger partial charge in [0.2, 0.25) is 10.0 Å². The third-order valence-corrected chi connectivity index (χ3v) is 6.79. The Morgan fingerprint density at radius 2 is 1.47 bits per heavy atom. The molecule has 0 heterocycles. The summed E-state index contributed by atoms with van der Waals surface area (Å²) in [5.74, 6) is -6.42. The fraction of sp³-hybridized carbons (Fsp3) is 0.231. The molecule has 0 spiro atoms. The van der Waals surface area contributed by atoms with E-state index in [1.54, 1.807) is 16.9 Å². The van der Waals surface area contributed by atoms with Crippen molar-refractivity contribution in [1.82, 2.24) is 15.6 Å². The lowest BCUT2D eigenvalue weighted by molar-refractivity contribution is -0.120. The smallest absolute Gasteiger partial charge is 0.269 e. The maximum atomic E-state index is 13.7. The van der Waals surface area contributed by atoms with Gasteiger partial charge in [-0.15, -0.1) is 0 Å². The minimum Gasteiger partial charge on any atom is -0.489 e. The molecule has 0 unspecified atom stereocenters. The Morgan fingerprint density at radius 1 is 0.842 bits per heavy atom. The molecule has 0 fully saturated rings. The molecule has 38 heavy (non-hydrogen) atoms. The summed E-state index contributed by atoms with van der Waals surface area (Å²) in [7, 11) is -4.67. The molecule has 0 radical (unpaired) electrons. The Morgan fingerprint density at radius 3 is 2.08 bits per heavy atom. The molecule has 0 bridgehead atoms. The van der Waals surface area contributed by atoms with Gasteiger partial charge in [0.05, 0.1) is 6.54 Å². The van der Waals surface area contributed by atoms with E-state index in [9.17, 15) is 31.2 Å². The van der Waals surface area contributed by atoms with Crippen molar-refractivity contribution in [2.24, 2.45) is 0 Å². The zero-order valence-corrected chi connectivity index (χ0v) is 21.6. The maximum absolute atomic E-state index is 13.7. The van der Waals surface area contributed by atoms with Crippen molar-refractivity contribution in [2.45, 2.75) is 37.7 Å². The van der Waals surface area contributed by atoms with Crippen molar-refractivity contribution in [3.8, 4) is 5.75 Å². The van der Waals surface area contributed by atoms with Gasteiger partial charge in [-0.2, -0.15) is 0 Å². The van der Waals surface area contributed by atoms with E-state index in [2.05, 4.69) is 26.2 Å². The van der Waals surface area contributed by atoms with Gasteiger partial charge in [0, 0.05) is 5.56 Å². The highest BCUT2D eigenvalue weighted by molar-refractivity contribution is 7.89. The van der Waals surface area contributed by atoms with E-state index in [1.807, 2.05) is 29.7 Å². The van der Waals surface area contributed by atoms with Crippen LogP contribution in [-0.4, -0.2) is 26.8 Å². The van der Waals surface area contributed by atoms with Crippen LogP contribution in [-0.2, 0) is 26.8 Å². The van der Waals surface area contributed by atoms with Crippen LogP contribution in [0.3, 0.4) is 0 Å². The summed E-state index contributed by atoms with van der Waals surface area (Å²) >= 11 is 0. The van der Waals surface area contributed by atoms with Crippen LogP contribution in [0.5, 0.6) is 5.75 Å². The quantitative estimate of drug-likeness (QED) is 0.293. The number of carbonyl (C=O) groups is 2. The summed E-state index contributed by atoms with van der Waals surface area (Å²) in [6.45, 7) is 5.72. The predicted molar refractivity (Wildman–Crippen MR) is 133 cm³/mol. The standard InChI is InChI=1S/C26H26F3N3O5S/c1-26(2,3)18-8-10-19(11-9-18)37-15-16-4-6-17(7-5-16)25(34)32-31-22(33)14-30-38(35,36)21-13-12-20(27)23(28)24(21)29/h4-13,30H,14-15H2,1-3H3,(H,31,33)(H,32,34). The molecule has 2 amide bonds. The number of hydrogen-bond acceptors (Lipinski definition) is 5. The van der Waals surface area contributed by atoms with Gasteiger partial charge in [-0.05, 0) is 52.9 Å². The zero-order valence-electron chi connectivity index (χ0n) is 20.8. The Kier molecular flexibility index (Phi) is 8.79. The van der Waals surface area contributed by atoms with Gasteiger partial charge in [-0.1, -0.05) is 45.0 Å². The van der Waals surface area contributed by atoms with Gasteiger partial charge in [0.25, 0.3) is 11.8 Å². The Balaban J connectivity index is 1.47. The van der Waals surface area contributed by atoms with Crippen LogP contribution in [0.1, 0.15) is 42.3 Å². The molecule has 3 rings (SSSR count). The molecule has 202 valence electrons. The van der Waals surface area contributed by atoms with Gasteiger partial charge in [-0.25, -0.2) is 26.3 Å². The number of hydrazine groups is 1. The average Bonchev–Trinajstić information content (AvgIpc) is 2.88. The number of hydrogen-bond donors (Lipinski definition) is 3. The summed E-state index contributed by atoms with van der Waals surface area (Å²) in [6, 6.07) is 15.1. The van der Waals surface area contributed by atoms with Crippen LogP contribution in [0, 0.1) is 17.5 Å². The van der Waals surface area contributed by atoms with Gasteiger partial charge in [0.1, 0.15) is 17.3 Å². The minimum absolute atomic E-state index is 0.0345. The second-order valence-electron chi connectivity index (χ2n) is 9.26. The van der Waals surface area contributed by atoms with Crippen molar-refractivity contribution in [2.75, 3.05) is 6.54 Å². The minimum atomic E-state index is -4.67. The number of sulfonamides is 1. The lowest BCUT2D eigenvalue weighted by Crippen LogP contribution is -2.46. The largest absolute Gasteiger partial charge is 0.489 e. The van der Waals surface area contributed by atoms with Crippen LogP contribution in [0.15, 0.2) is 65.6 Å². The molecular weight excluding hydrogens is 523 g/mol. The molecule has 0 aliphatic rings. The topological polar surface area (TPSA) is 114 Å². The van der Waals surface area contributed by atoms with Crippen LogP contribution in [0.2, 0.25) is 0 Å².